The van der Waals surface area contributed by atoms with Crippen LogP contribution in [0.1, 0.15) is 25.7 Å². The first-order chi connectivity index (χ1) is 17.2. The van der Waals surface area contributed by atoms with Crippen molar-refractivity contribution in [3.63, 3.8) is 0 Å². The van der Waals surface area contributed by atoms with Crippen molar-refractivity contribution in [1.29, 1.82) is 0 Å². The van der Waals surface area contributed by atoms with E-state index in [9.17, 15) is 0 Å². The summed E-state index contributed by atoms with van der Waals surface area (Å²) >= 11 is 0. The molecule has 0 aromatic carbocycles. The van der Waals surface area contributed by atoms with Crippen molar-refractivity contribution in [3.8, 4) is 0 Å². The second-order valence-corrected chi connectivity index (χ2v) is 95.1. The molecule has 0 aromatic heterocycles. The second kappa shape index (κ2) is 8.17. The summed E-state index contributed by atoms with van der Waals surface area (Å²) in [6.07, 6.45) is 6.93. The van der Waals surface area contributed by atoms with Gasteiger partial charge in [0.2, 0.25) is 0 Å². The molecule has 4 heterocycles. The van der Waals surface area contributed by atoms with E-state index in [0.717, 1.165) is 17.1 Å². The standard InChI is InChI=1S/C30H74Si10/c1-31(2,3)27(32(4,5)6)23-25-29(35(13,14)15)38(21,22)40-28(33(7,8)9,34(10,11)12)24-26-30(40,36(16,17)18)37(19,20)39(27,29)40/h23-26H2,1-22H3/t29-,30-,39?,40?/m1/s1. The quantitative estimate of drug-likeness (QED) is 0.240. The van der Waals surface area contributed by atoms with Gasteiger partial charge >= 0.3 is 0 Å². The third-order valence-corrected chi connectivity index (χ3v) is 155. The summed E-state index contributed by atoms with van der Waals surface area (Å²) in [7, 11) is -15.0. The van der Waals surface area contributed by atoms with Crippen molar-refractivity contribution in [1.82, 2.24) is 0 Å². The minimum atomic E-state index is -1.64. The molecule has 4 aliphatic rings. The lowest BCUT2D eigenvalue weighted by molar-refractivity contribution is 0.763. The highest BCUT2D eigenvalue weighted by Gasteiger charge is 3.13. The van der Waals surface area contributed by atoms with Gasteiger partial charge in [-0.25, -0.2) is 0 Å². The second-order valence-electron chi connectivity index (χ2n) is 22.9. The Bertz CT molecular complexity index is 984. The first kappa shape index (κ1) is 35.0. The molecule has 10 heteroatoms. The van der Waals surface area contributed by atoms with Gasteiger partial charge in [-0.3, -0.25) is 0 Å². The third-order valence-electron chi connectivity index (χ3n) is 16.6. The van der Waals surface area contributed by atoms with E-state index in [1.165, 1.54) is 0 Å². The summed E-state index contributed by atoms with van der Waals surface area (Å²) in [4.78, 5) is 0. The molecule has 0 saturated carbocycles. The molecular weight excluding hydrogens is 641 g/mol. The predicted octanol–water partition coefficient (Wildman–Crippen LogP) is 11.5. The Morgan fingerprint density at radius 3 is 0.675 bits per heavy atom. The molecular formula is C30H74Si10. The molecule has 234 valence electrons. The van der Waals surface area contributed by atoms with E-state index in [0.29, 0.717) is 0 Å². The van der Waals surface area contributed by atoms with Crippen LogP contribution >= 0.6 is 0 Å². The summed E-state index contributed by atoms with van der Waals surface area (Å²) < 4.78 is 3.65. The van der Waals surface area contributed by atoms with E-state index in [1.807, 2.05) is 0 Å². The van der Waals surface area contributed by atoms with Crippen LogP contribution in [0, 0.1) is 0 Å². The van der Waals surface area contributed by atoms with Gasteiger partial charge in [0.15, 0.2) is 0 Å². The van der Waals surface area contributed by atoms with E-state index in [1.54, 1.807) is 25.7 Å². The van der Waals surface area contributed by atoms with Crippen LogP contribution in [0.25, 0.3) is 0 Å². The van der Waals surface area contributed by atoms with E-state index in [-0.39, 0.29) is 0 Å². The first-order valence-electron chi connectivity index (χ1n) is 17.2. The Labute approximate surface area is 262 Å². The fraction of sp³-hybridized carbons (Fsp3) is 1.00. The molecule has 0 aromatic rings. The zero-order valence-corrected chi connectivity index (χ0v) is 41.8. The van der Waals surface area contributed by atoms with Gasteiger partial charge < -0.3 is 0 Å². The van der Waals surface area contributed by atoms with Gasteiger partial charge in [-0.15, -0.1) is 0 Å². The molecule has 2 spiro atoms. The minimum Gasteiger partial charge on any atom is -0.0715 e. The van der Waals surface area contributed by atoms with Gasteiger partial charge in [0, 0.05) is 77.8 Å². The molecule has 4 aliphatic heterocycles. The topological polar surface area (TPSA) is 0 Å². The van der Waals surface area contributed by atoms with Crippen LogP contribution in [0.4, 0.5) is 0 Å². The number of rotatable bonds is 6. The Balaban J connectivity index is 2.47. The molecule has 4 fully saturated rings. The molecule has 4 atom stereocenters. The average Bonchev–Trinajstić information content (AvgIpc) is 3.17. The third kappa shape index (κ3) is 2.70. The molecule has 40 heavy (non-hydrogen) atoms. The van der Waals surface area contributed by atoms with E-state index in [2.05, 4.69) is 144 Å². The summed E-state index contributed by atoms with van der Waals surface area (Å²) in [6, 6.07) is 0. The Morgan fingerprint density at radius 1 is 0.325 bits per heavy atom. The monoisotopic (exact) mass is 714 g/mol. The smallest absolute Gasteiger partial charge is 0.0448 e. The highest BCUT2D eigenvalue weighted by atomic mass is 29.9. The SMILES string of the molecule is C[Si](C)(C)C1([Si](C)(C)C)CC[C@@]2([Si](C)(C)C)[Si](C)(C)[Si]34C([Si](C)(C)C)([Si](C)(C)C)CC[C@@]3([Si](C)(C)C)[Si](C)(C)[Si]124. The number of hydrogen-bond donors (Lipinski definition) is 0. The summed E-state index contributed by atoms with van der Waals surface area (Å²) in [5, 5.41) is 0. The van der Waals surface area contributed by atoms with Crippen LogP contribution in [0.5, 0.6) is 0 Å². The summed E-state index contributed by atoms with van der Waals surface area (Å²) in [6.45, 7) is 66.4. The minimum absolute atomic E-state index is 0.885. The number of hydrogen-bond acceptors (Lipinski definition) is 0. The maximum atomic E-state index is 3.21. The van der Waals surface area contributed by atoms with Crippen LogP contribution < -0.4 is 0 Å². The Morgan fingerprint density at radius 2 is 0.525 bits per heavy atom. The average molecular weight is 716 g/mol. The van der Waals surface area contributed by atoms with Gasteiger partial charge in [-0.2, -0.15) is 0 Å². The predicted molar refractivity (Wildman–Crippen MR) is 216 cm³/mol. The first-order valence-corrected chi connectivity index (χ1v) is 51.2. The Hall–Kier alpha value is 2.17. The molecule has 0 amide bonds. The van der Waals surface area contributed by atoms with Crippen molar-refractivity contribution in [2.24, 2.45) is 0 Å². The lowest BCUT2D eigenvalue weighted by atomic mass is 10.4. The van der Waals surface area contributed by atoms with Crippen LogP contribution in [-0.2, 0) is 0 Å². The van der Waals surface area contributed by atoms with E-state index in [4.69, 9.17) is 0 Å². The summed E-state index contributed by atoms with van der Waals surface area (Å²) in [5.74, 6) is 0. The van der Waals surface area contributed by atoms with Crippen molar-refractivity contribution in [2.75, 3.05) is 0 Å². The largest absolute Gasteiger partial charge is 0.0715 e. The summed E-state index contributed by atoms with van der Waals surface area (Å²) in [5.41, 5.74) is 0. The fourth-order valence-electron chi connectivity index (χ4n) is 18.4. The van der Waals surface area contributed by atoms with E-state index < -0.39 is 77.8 Å². The van der Waals surface area contributed by atoms with Gasteiger partial charge in [-0.05, 0) is 17.1 Å². The van der Waals surface area contributed by atoms with Gasteiger partial charge in [0.1, 0.15) is 0 Å². The van der Waals surface area contributed by atoms with Crippen LogP contribution in [-0.4, -0.2) is 77.8 Å². The highest BCUT2D eigenvalue weighted by molar-refractivity contribution is 8.08. The molecule has 0 nitrogen and oxygen atoms in total. The van der Waals surface area contributed by atoms with Gasteiger partial charge in [-0.1, -0.05) is 170 Å². The van der Waals surface area contributed by atoms with Gasteiger partial charge in [0.05, 0.1) is 0 Å². The lowest BCUT2D eigenvalue weighted by Gasteiger charge is -3.03. The molecule has 0 N–H and O–H groups in total. The van der Waals surface area contributed by atoms with Crippen molar-refractivity contribution < 1.29 is 0 Å². The van der Waals surface area contributed by atoms with Crippen molar-refractivity contribution in [3.05, 3.63) is 0 Å². The lowest BCUT2D eigenvalue weighted by Crippen LogP contribution is -3.21. The fourth-order valence-corrected chi connectivity index (χ4v) is 302. The molecule has 0 bridgehead atoms. The maximum absolute atomic E-state index is 3.21. The molecule has 4 rings (SSSR count). The van der Waals surface area contributed by atoms with Crippen LogP contribution in [0.15, 0.2) is 0 Å². The normalized spacial score (nSPS) is 40.0. The zero-order chi connectivity index (χ0) is 31.8. The van der Waals surface area contributed by atoms with Crippen molar-refractivity contribution >= 4 is 77.8 Å². The zero-order valence-electron chi connectivity index (χ0n) is 31.8. The van der Waals surface area contributed by atoms with Crippen LogP contribution in [0.3, 0.4) is 0 Å². The molecule has 0 aliphatic carbocycles. The highest BCUT2D eigenvalue weighted by Crippen LogP contribution is 3.03. The molecule has 0 radical (unpaired) electrons. The molecule has 4 saturated heterocycles. The van der Waals surface area contributed by atoms with Crippen LogP contribution in [0.2, 0.25) is 161 Å². The Kier molecular flexibility index (Phi) is 7.16. The van der Waals surface area contributed by atoms with E-state index >= 15 is 0 Å². The molecule has 2 unspecified atom stereocenters. The van der Waals surface area contributed by atoms with Crippen molar-refractivity contribution in [2.45, 2.75) is 187 Å². The maximum Gasteiger partial charge on any atom is 0.0448 e. The van der Waals surface area contributed by atoms with Gasteiger partial charge in [0.25, 0.3) is 0 Å².